The van der Waals surface area contributed by atoms with Crippen LogP contribution >= 0.6 is 12.2 Å². The van der Waals surface area contributed by atoms with E-state index in [4.69, 9.17) is 17.0 Å². The zero-order valence-electron chi connectivity index (χ0n) is 18.2. The number of rotatable bonds is 6. The highest BCUT2D eigenvalue weighted by Gasteiger charge is 2.42. The molecule has 1 aliphatic carbocycles. The number of ether oxygens (including phenoxy) is 1. The summed E-state index contributed by atoms with van der Waals surface area (Å²) in [7, 11) is 1.69. The van der Waals surface area contributed by atoms with Gasteiger partial charge in [0.25, 0.3) is 0 Å². The highest BCUT2D eigenvalue weighted by atomic mass is 32.1. The number of thiocarbonyl (C=S) groups is 1. The molecule has 1 aromatic carbocycles. The molecule has 0 spiro atoms. The molecule has 1 aliphatic heterocycles. The van der Waals surface area contributed by atoms with Crippen LogP contribution in [0.15, 0.2) is 54.7 Å². The quantitative estimate of drug-likeness (QED) is 0.554. The molecule has 0 bridgehead atoms. The number of hydrogen-bond acceptors (Lipinski definition) is 3. The number of hydrogen-bond donors (Lipinski definition) is 1. The molecule has 1 saturated heterocycles. The molecule has 3 aromatic rings. The van der Waals surface area contributed by atoms with Crippen LogP contribution in [-0.4, -0.2) is 26.7 Å². The second kappa shape index (κ2) is 8.00. The Kier molecular flexibility index (Phi) is 5.18. The molecule has 5 rings (SSSR count). The lowest BCUT2D eigenvalue weighted by molar-refractivity contribution is 0.309. The zero-order valence-corrected chi connectivity index (χ0v) is 19.0. The molecule has 6 heteroatoms. The van der Waals surface area contributed by atoms with Gasteiger partial charge < -0.3 is 19.5 Å². The van der Waals surface area contributed by atoms with Crippen molar-refractivity contribution < 1.29 is 4.74 Å². The van der Waals surface area contributed by atoms with Crippen LogP contribution in [0.4, 0.5) is 0 Å². The van der Waals surface area contributed by atoms with Gasteiger partial charge in [-0.05, 0) is 80.4 Å². The second-order valence-electron chi connectivity index (χ2n) is 8.53. The van der Waals surface area contributed by atoms with Crippen LogP contribution in [0.2, 0.25) is 0 Å². The first kappa shape index (κ1) is 20.1. The number of aromatic nitrogens is 2. The number of methoxy groups -OCH3 is 1. The third-order valence-corrected chi connectivity index (χ3v) is 6.82. The second-order valence-corrected chi connectivity index (χ2v) is 8.92. The van der Waals surface area contributed by atoms with Gasteiger partial charge in [0.05, 0.1) is 24.9 Å². The largest absolute Gasteiger partial charge is 0.497 e. The van der Waals surface area contributed by atoms with Crippen molar-refractivity contribution in [1.29, 1.82) is 0 Å². The van der Waals surface area contributed by atoms with Crippen LogP contribution in [0, 0.1) is 13.8 Å². The summed E-state index contributed by atoms with van der Waals surface area (Å²) in [6.45, 7) is 5.21. The summed E-state index contributed by atoms with van der Waals surface area (Å²) < 4.78 is 7.83. The van der Waals surface area contributed by atoms with Crippen LogP contribution in [-0.2, 0) is 6.54 Å². The number of benzene rings is 1. The first-order valence-corrected chi connectivity index (χ1v) is 11.3. The van der Waals surface area contributed by atoms with Crippen molar-refractivity contribution in [3.63, 3.8) is 0 Å². The monoisotopic (exact) mass is 432 g/mol. The molecule has 5 nitrogen and oxygen atoms in total. The van der Waals surface area contributed by atoms with Gasteiger partial charge in [-0.1, -0.05) is 18.2 Å². The fourth-order valence-corrected chi connectivity index (χ4v) is 5.14. The molecule has 1 N–H and O–H groups in total. The molecular weight excluding hydrogens is 404 g/mol. The zero-order chi connectivity index (χ0) is 21.5. The Bertz CT molecular complexity index is 1090. The summed E-state index contributed by atoms with van der Waals surface area (Å²) in [5.41, 5.74) is 6.23. The molecule has 0 radical (unpaired) electrons. The van der Waals surface area contributed by atoms with Crippen molar-refractivity contribution in [2.45, 2.75) is 51.4 Å². The van der Waals surface area contributed by atoms with Crippen molar-refractivity contribution in [3.05, 3.63) is 82.9 Å². The fourth-order valence-electron chi connectivity index (χ4n) is 4.84. The minimum atomic E-state index is 0.0140. The standard InChI is InChI=1S/C25H28N4OS/c1-16-14-21(17(2)29(16)19-9-10-19)24-23(22-6-4-5-13-26-22)27-25(31)28(24)15-18-7-11-20(30-3)12-8-18/h4-8,11-14,19,23-24H,9-10,15H2,1-3H3,(H,27,31)/t23-,24+/m0/s1. The normalized spacial score (nSPS) is 20.7. The number of nitrogens with one attached hydrogen (secondary N) is 1. The van der Waals surface area contributed by atoms with E-state index in [1.54, 1.807) is 7.11 Å². The Morgan fingerprint density at radius 3 is 2.55 bits per heavy atom. The summed E-state index contributed by atoms with van der Waals surface area (Å²) in [5, 5.41) is 4.34. The maximum absolute atomic E-state index is 5.84. The number of nitrogens with zero attached hydrogens (tertiary/aromatic N) is 3. The van der Waals surface area contributed by atoms with E-state index in [0.717, 1.165) is 23.1 Å². The van der Waals surface area contributed by atoms with Crippen molar-refractivity contribution in [1.82, 2.24) is 19.8 Å². The molecule has 31 heavy (non-hydrogen) atoms. The highest BCUT2D eigenvalue weighted by molar-refractivity contribution is 7.80. The van der Waals surface area contributed by atoms with Gasteiger partial charge in [-0.3, -0.25) is 4.98 Å². The molecular formula is C25H28N4OS. The molecule has 2 aromatic heterocycles. The maximum atomic E-state index is 5.84. The predicted octanol–water partition coefficient (Wildman–Crippen LogP) is 5.02. The minimum absolute atomic E-state index is 0.0140. The smallest absolute Gasteiger partial charge is 0.170 e. The van der Waals surface area contributed by atoms with E-state index >= 15 is 0 Å². The Balaban J connectivity index is 1.55. The number of pyridine rings is 1. The molecule has 1 saturated carbocycles. The van der Waals surface area contributed by atoms with E-state index in [1.165, 1.54) is 35.4 Å². The van der Waals surface area contributed by atoms with Crippen LogP contribution in [0.1, 0.15) is 59.2 Å². The maximum Gasteiger partial charge on any atom is 0.170 e. The minimum Gasteiger partial charge on any atom is -0.497 e. The topological polar surface area (TPSA) is 42.3 Å². The van der Waals surface area contributed by atoms with E-state index in [9.17, 15) is 0 Å². The Labute approximate surface area is 189 Å². The van der Waals surface area contributed by atoms with Gasteiger partial charge in [0.15, 0.2) is 5.11 Å². The summed E-state index contributed by atoms with van der Waals surface area (Å²) >= 11 is 5.84. The van der Waals surface area contributed by atoms with E-state index in [2.05, 4.69) is 57.9 Å². The molecule has 0 amide bonds. The highest BCUT2D eigenvalue weighted by Crippen LogP contribution is 2.45. The van der Waals surface area contributed by atoms with Crippen LogP contribution in [0.25, 0.3) is 0 Å². The van der Waals surface area contributed by atoms with Gasteiger partial charge in [0.1, 0.15) is 5.75 Å². The van der Waals surface area contributed by atoms with Gasteiger partial charge in [0.2, 0.25) is 0 Å². The van der Waals surface area contributed by atoms with Crippen LogP contribution in [0.3, 0.4) is 0 Å². The van der Waals surface area contributed by atoms with Crippen molar-refractivity contribution >= 4 is 17.3 Å². The lowest BCUT2D eigenvalue weighted by Gasteiger charge is -2.28. The number of aryl methyl sites for hydroxylation is 1. The van der Waals surface area contributed by atoms with Crippen LogP contribution < -0.4 is 10.1 Å². The summed E-state index contributed by atoms with van der Waals surface area (Å²) in [5.74, 6) is 0.863. The molecule has 2 aliphatic rings. The molecule has 2 fully saturated rings. The van der Waals surface area contributed by atoms with Gasteiger partial charge >= 0.3 is 0 Å². The van der Waals surface area contributed by atoms with E-state index in [1.807, 2.05) is 30.5 Å². The molecule has 2 atom stereocenters. The van der Waals surface area contributed by atoms with E-state index in [0.29, 0.717) is 6.04 Å². The molecule has 0 unspecified atom stereocenters. The first-order chi connectivity index (χ1) is 15.1. The molecule has 3 heterocycles. The van der Waals surface area contributed by atoms with Crippen molar-refractivity contribution in [3.8, 4) is 5.75 Å². The third kappa shape index (κ3) is 3.69. The summed E-state index contributed by atoms with van der Waals surface area (Å²) in [6.07, 6.45) is 4.41. The van der Waals surface area contributed by atoms with Crippen molar-refractivity contribution in [2.24, 2.45) is 0 Å². The summed E-state index contributed by atoms with van der Waals surface area (Å²) in [4.78, 5) is 6.98. The van der Waals surface area contributed by atoms with Gasteiger partial charge in [-0.25, -0.2) is 0 Å². The van der Waals surface area contributed by atoms with Gasteiger partial charge in [0, 0.05) is 30.2 Å². The van der Waals surface area contributed by atoms with Gasteiger partial charge in [-0.15, -0.1) is 0 Å². The van der Waals surface area contributed by atoms with Crippen LogP contribution in [0.5, 0.6) is 5.75 Å². The Morgan fingerprint density at radius 2 is 1.90 bits per heavy atom. The lowest BCUT2D eigenvalue weighted by Crippen LogP contribution is -2.29. The molecule has 160 valence electrons. The lowest BCUT2D eigenvalue weighted by atomic mass is 9.96. The van der Waals surface area contributed by atoms with E-state index < -0.39 is 0 Å². The summed E-state index contributed by atoms with van der Waals surface area (Å²) in [6, 6.07) is 17.4. The predicted molar refractivity (Wildman–Crippen MR) is 126 cm³/mol. The Morgan fingerprint density at radius 1 is 1.13 bits per heavy atom. The van der Waals surface area contributed by atoms with Crippen molar-refractivity contribution in [2.75, 3.05) is 7.11 Å². The van der Waals surface area contributed by atoms with E-state index in [-0.39, 0.29) is 12.1 Å². The average molecular weight is 433 g/mol. The fraction of sp³-hybridized carbons (Fsp3) is 0.360. The van der Waals surface area contributed by atoms with Gasteiger partial charge in [-0.2, -0.15) is 0 Å². The Hall–Kier alpha value is -2.86. The first-order valence-electron chi connectivity index (χ1n) is 10.9. The average Bonchev–Trinajstić information content (AvgIpc) is 3.51. The third-order valence-electron chi connectivity index (χ3n) is 6.46. The SMILES string of the molecule is COc1ccc(CN2C(=S)N[C@@H](c3ccccn3)[C@H]2c2cc(C)n(C3CC3)c2C)cc1.